The van der Waals surface area contributed by atoms with Gasteiger partial charge in [0.2, 0.25) is 0 Å². The number of nitriles is 1. The number of hydrogen-bond acceptors (Lipinski definition) is 4. The van der Waals surface area contributed by atoms with E-state index in [1.165, 1.54) is 18.2 Å². The van der Waals surface area contributed by atoms with Gasteiger partial charge in [-0.2, -0.15) is 5.26 Å². The van der Waals surface area contributed by atoms with E-state index in [0.29, 0.717) is 0 Å². The van der Waals surface area contributed by atoms with Crippen molar-refractivity contribution in [3.05, 3.63) is 38.9 Å². The van der Waals surface area contributed by atoms with Gasteiger partial charge in [0.15, 0.2) is 0 Å². The SMILES string of the molecule is N#CCCNC(=O)c1c(Cl)cccc1[N+](=O)[O-]. The molecule has 0 aliphatic carbocycles. The first-order valence-electron chi connectivity index (χ1n) is 4.66. The molecule has 0 spiro atoms. The van der Waals surface area contributed by atoms with Gasteiger partial charge in [-0.1, -0.05) is 17.7 Å². The molecule has 0 aliphatic rings. The predicted molar refractivity (Wildman–Crippen MR) is 60.7 cm³/mol. The van der Waals surface area contributed by atoms with Crippen molar-refractivity contribution in [3.63, 3.8) is 0 Å². The Morgan fingerprint density at radius 3 is 2.88 bits per heavy atom. The molecule has 1 aromatic rings. The molecule has 6 nitrogen and oxygen atoms in total. The maximum atomic E-state index is 11.7. The molecular weight excluding hydrogens is 246 g/mol. The molecule has 1 N–H and O–H groups in total. The van der Waals surface area contributed by atoms with Gasteiger partial charge in [-0.15, -0.1) is 0 Å². The van der Waals surface area contributed by atoms with Crippen molar-refractivity contribution in [2.45, 2.75) is 6.42 Å². The summed E-state index contributed by atoms with van der Waals surface area (Å²) in [7, 11) is 0. The molecule has 17 heavy (non-hydrogen) atoms. The maximum absolute atomic E-state index is 11.7. The number of benzene rings is 1. The third kappa shape index (κ3) is 3.16. The van der Waals surface area contributed by atoms with Gasteiger partial charge in [0, 0.05) is 12.6 Å². The number of carbonyl (C=O) groups excluding carboxylic acids is 1. The van der Waals surface area contributed by atoms with Gasteiger partial charge in [0.05, 0.1) is 22.4 Å². The lowest BCUT2D eigenvalue weighted by Crippen LogP contribution is -2.25. The predicted octanol–water partition coefficient (Wildman–Crippen LogP) is 1.89. The summed E-state index contributed by atoms with van der Waals surface area (Å²) in [6, 6.07) is 5.84. The molecular formula is C10H8ClN3O3. The highest BCUT2D eigenvalue weighted by atomic mass is 35.5. The fourth-order valence-electron chi connectivity index (χ4n) is 1.21. The Hall–Kier alpha value is -2.13. The molecule has 0 bridgehead atoms. The minimum Gasteiger partial charge on any atom is -0.351 e. The summed E-state index contributed by atoms with van der Waals surface area (Å²) in [6.07, 6.45) is 0.129. The van der Waals surface area contributed by atoms with Gasteiger partial charge in [0.25, 0.3) is 11.6 Å². The van der Waals surface area contributed by atoms with Crippen LogP contribution >= 0.6 is 11.6 Å². The average Bonchev–Trinajstić information content (AvgIpc) is 2.28. The van der Waals surface area contributed by atoms with Crippen LogP contribution in [0.3, 0.4) is 0 Å². The molecule has 0 saturated heterocycles. The smallest absolute Gasteiger partial charge is 0.283 e. The summed E-state index contributed by atoms with van der Waals surface area (Å²) in [5, 5.41) is 21.4. The van der Waals surface area contributed by atoms with E-state index in [0.717, 1.165) is 0 Å². The van der Waals surface area contributed by atoms with Crippen molar-refractivity contribution in [2.24, 2.45) is 0 Å². The largest absolute Gasteiger partial charge is 0.351 e. The summed E-state index contributed by atoms with van der Waals surface area (Å²) >= 11 is 5.75. The first kappa shape index (κ1) is 12.9. The number of rotatable bonds is 4. The molecule has 88 valence electrons. The Morgan fingerprint density at radius 1 is 1.59 bits per heavy atom. The van der Waals surface area contributed by atoms with Crippen LogP contribution in [0.5, 0.6) is 0 Å². The lowest BCUT2D eigenvalue weighted by molar-refractivity contribution is -0.385. The second-order valence-corrected chi connectivity index (χ2v) is 3.46. The third-order valence-corrected chi connectivity index (χ3v) is 2.25. The average molecular weight is 254 g/mol. The Balaban J connectivity index is 3.00. The zero-order chi connectivity index (χ0) is 12.8. The van der Waals surface area contributed by atoms with Crippen molar-refractivity contribution >= 4 is 23.2 Å². The molecule has 0 atom stereocenters. The van der Waals surface area contributed by atoms with Crippen LogP contribution in [0, 0.1) is 21.4 Å². The molecule has 0 radical (unpaired) electrons. The van der Waals surface area contributed by atoms with Crippen LogP contribution in [0.15, 0.2) is 18.2 Å². The van der Waals surface area contributed by atoms with Crippen LogP contribution in [-0.4, -0.2) is 17.4 Å². The van der Waals surface area contributed by atoms with Crippen LogP contribution in [0.25, 0.3) is 0 Å². The minimum atomic E-state index is -0.676. The number of hydrogen-bond donors (Lipinski definition) is 1. The molecule has 1 aromatic carbocycles. The molecule has 7 heteroatoms. The van der Waals surface area contributed by atoms with Crippen LogP contribution in [0.1, 0.15) is 16.8 Å². The van der Waals surface area contributed by atoms with E-state index in [1.54, 1.807) is 0 Å². The third-order valence-electron chi connectivity index (χ3n) is 1.94. The van der Waals surface area contributed by atoms with Crippen molar-refractivity contribution in [1.82, 2.24) is 5.32 Å². The number of nitrogens with one attached hydrogen (secondary N) is 1. The second kappa shape index (κ2) is 5.82. The number of carbonyl (C=O) groups is 1. The van der Waals surface area contributed by atoms with E-state index in [-0.39, 0.29) is 29.2 Å². The van der Waals surface area contributed by atoms with Crippen molar-refractivity contribution in [2.75, 3.05) is 6.54 Å². The van der Waals surface area contributed by atoms with Gasteiger partial charge in [-0.05, 0) is 6.07 Å². The lowest BCUT2D eigenvalue weighted by Gasteiger charge is -2.05. The Labute approximate surface area is 102 Å². The zero-order valence-electron chi connectivity index (χ0n) is 8.64. The molecule has 0 aromatic heterocycles. The van der Waals surface area contributed by atoms with Gasteiger partial charge < -0.3 is 5.32 Å². The molecule has 0 saturated carbocycles. The fraction of sp³-hybridized carbons (Fsp3) is 0.200. The van der Waals surface area contributed by atoms with Crippen molar-refractivity contribution in [3.8, 4) is 6.07 Å². The summed E-state index contributed by atoms with van der Waals surface area (Å²) in [5.74, 6) is -0.655. The van der Waals surface area contributed by atoms with Gasteiger partial charge in [-0.25, -0.2) is 0 Å². The minimum absolute atomic E-state index is 0.00802. The van der Waals surface area contributed by atoms with E-state index >= 15 is 0 Å². The van der Waals surface area contributed by atoms with E-state index in [1.807, 2.05) is 6.07 Å². The van der Waals surface area contributed by atoms with Gasteiger partial charge >= 0.3 is 0 Å². The molecule has 1 rings (SSSR count). The summed E-state index contributed by atoms with van der Waals surface area (Å²) < 4.78 is 0. The van der Waals surface area contributed by atoms with Gasteiger partial charge in [0.1, 0.15) is 5.56 Å². The Morgan fingerprint density at radius 2 is 2.29 bits per heavy atom. The lowest BCUT2D eigenvalue weighted by atomic mass is 10.1. The standard InChI is InChI=1S/C10H8ClN3O3/c11-7-3-1-4-8(14(16)17)9(7)10(15)13-6-2-5-12/h1,3-4H,2,6H2,(H,13,15). The number of halogens is 1. The molecule has 1 amide bonds. The zero-order valence-corrected chi connectivity index (χ0v) is 9.40. The number of amides is 1. The van der Waals surface area contributed by atoms with Crippen molar-refractivity contribution < 1.29 is 9.72 Å². The molecule has 0 fully saturated rings. The highest BCUT2D eigenvalue weighted by Crippen LogP contribution is 2.25. The summed E-state index contributed by atoms with van der Waals surface area (Å²) in [5.41, 5.74) is -0.538. The number of nitrogens with zero attached hydrogens (tertiary/aromatic N) is 2. The highest BCUT2D eigenvalue weighted by Gasteiger charge is 2.22. The van der Waals surface area contributed by atoms with Crippen LogP contribution in [0.4, 0.5) is 5.69 Å². The number of nitro benzene ring substituents is 1. The van der Waals surface area contributed by atoms with Gasteiger partial charge in [-0.3, -0.25) is 14.9 Å². The quantitative estimate of drug-likeness (QED) is 0.503. The second-order valence-electron chi connectivity index (χ2n) is 3.06. The first-order chi connectivity index (χ1) is 8.07. The van der Waals surface area contributed by atoms with E-state index in [4.69, 9.17) is 16.9 Å². The van der Waals surface area contributed by atoms with E-state index in [2.05, 4.69) is 5.32 Å². The fourth-order valence-corrected chi connectivity index (χ4v) is 1.47. The van der Waals surface area contributed by atoms with Crippen LogP contribution in [-0.2, 0) is 0 Å². The topological polar surface area (TPSA) is 96.0 Å². The Kier molecular flexibility index (Phi) is 4.43. The normalized spacial score (nSPS) is 9.41. The first-order valence-corrected chi connectivity index (χ1v) is 5.03. The van der Waals surface area contributed by atoms with Crippen LogP contribution < -0.4 is 5.32 Å². The molecule has 0 heterocycles. The van der Waals surface area contributed by atoms with E-state index < -0.39 is 10.8 Å². The number of nitro groups is 1. The maximum Gasteiger partial charge on any atom is 0.283 e. The van der Waals surface area contributed by atoms with Crippen molar-refractivity contribution in [1.29, 1.82) is 5.26 Å². The summed E-state index contributed by atoms with van der Waals surface area (Å²) in [4.78, 5) is 21.7. The summed E-state index contributed by atoms with van der Waals surface area (Å²) in [6.45, 7) is 0.123. The molecule has 0 aliphatic heterocycles. The Bertz CT molecular complexity index is 496. The highest BCUT2D eigenvalue weighted by molar-refractivity contribution is 6.34. The monoisotopic (exact) mass is 253 g/mol. The molecule has 0 unspecified atom stereocenters. The van der Waals surface area contributed by atoms with E-state index in [9.17, 15) is 14.9 Å². The van der Waals surface area contributed by atoms with Crippen LogP contribution in [0.2, 0.25) is 5.02 Å².